The van der Waals surface area contributed by atoms with Gasteiger partial charge in [0, 0.05) is 27.3 Å². The van der Waals surface area contributed by atoms with Gasteiger partial charge in [0.2, 0.25) is 0 Å². The van der Waals surface area contributed by atoms with Crippen LogP contribution in [0.4, 0.5) is 0 Å². The first-order valence-corrected chi connectivity index (χ1v) is 8.62. The second-order valence-corrected chi connectivity index (χ2v) is 8.14. The summed E-state index contributed by atoms with van der Waals surface area (Å²) in [5, 5.41) is 13.5. The van der Waals surface area contributed by atoms with Gasteiger partial charge in [-0.15, -0.1) is 11.3 Å². The maximum absolute atomic E-state index is 10.3. The molecule has 1 aromatic carbocycles. The number of fused-ring (bicyclic) bond motifs is 1. The van der Waals surface area contributed by atoms with Gasteiger partial charge in [-0.05, 0) is 12.1 Å². The van der Waals surface area contributed by atoms with Crippen LogP contribution in [0.15, 0.2) is 28.1 Å². The minimum absolute atomic E-state index is 0.0388. The van der Waals surface area contributed by atoms with Gasteiger partial charge >= 0.3 is 0 Å². The van der Waals surface area contributed by atoms with E-state index in [1.807, 2.05) is 23.6 Å². The number of halogens is 1. The molecular formula is C16H18BrNO2S. The summed E-state index contributed by atoms with van der Waals surface area (Å²) in [4.78, 5) is 4.71. The zero-order valence-electron chi connectivity index (χ0n) is 12.3. The molecule has 0 fully saturated rings. The molecule has 0 amide bonds. The largest absolute Gasteiger partial charge is 0.484 e. The quantitative estimate of drug-likeness (QED) is 0.789. The fraction of sp³-hybridized carbons (Fsp3) is 0.438. The second-order valence-electron chi connectivity index (χ2n) is 6.37. The van der Waals surface area contributed by atoms with Gasteiger partial charge in [0.1, 0.15) is 11.9 Å². The van der Waals surface area contributed by atoms with Crippen LogP contribution < -0.4 is 4.74 Å². The monoisotopic (exact) mass is 367 g/mol. The lowest BCUT2D eigenvalue weighted by molar-refractivity contribution is 0.0638. The summed E-state index contributed by atoms with van der Waals surface area (Å²) in [5.74, 6) is 0.735. The molecule has 0 bridgehead atoms. The number of hydrogen-bond donors (Lipinski definition) is 1. The van der Waals surface area contributed by atoms with Crippen LogP contribution in [0.5, 0.6) is 5.75 Å². The predicted molar refractivity (Wildman–Crippen MR) is 87.9 cm³/mol. The number of aromatic nitrogens is 1. The number of benzene rings is 1. The van der Waals surface area contributed by atoms with Crippen molar-refractivity contribution in [3.8, 4) is 5.75 Å². The van der Waals surface area contributed by atoms with Gasteiger partial charge in [-0.1, -0.05) is 42.8 Å². The van der Waals surface area contributed by atoms with E-state index in [1.165, 1.54) is 0 Å². The smallest absolute Gasteiger partial charge is 0.144 e. The zero-order chi connectivity index (χ0) is 15.2. The number of hydrogen-bond acceptors (Lipinski definition) is 4. The van der Waals surface area contributed by atoms with Crippen molar-refractivity contribution in [3.63, 3.8) is 0 Å². The van der Waals surface area contributed by atoms with Crippen molar-refractivity contribution < 1.29 is 9.84 Å². The fourth-order valence-electron chi connectivity index (χ4n) is 2.38. The molecule has 1 N–H and O–H groups in total. The van der Waals surface area contributed by atoms with E-state index in [2.05, 4.69) is 36.7 Å². The van der Waals surface area contributed by atoms with E-state index in [0.717, 1.165) is 26.5 Å². The van der Waals surface area contributed by atoms with Crippen molar-refractivity contribution in [1.82, 2.24) is 4.98 Å². The third kappa shape index (κ3) is 3.00. The van der Waals surface area contributed by atoms with Crippen LogP contribution in [-0.4, -0.2) is 10.1 Å². The molecule has 1 aromatic heterocycles. The summed E-state index contributed by atoms with van der Waals surface area (Å²) in [6.45, 7) is 6.45. The lowest BCUT2D eigenvalue weighted by Gasteiger charge is -2.29. The highest BCUT2D eigenvalue weighted by Crippen LogP contribution is 2.42. The van der Waals surface area contributed by atoms with Crippen molar-refractivity contribution in [3.05, 3.63) is 44.3 Å². The van der Waals surface area contributed by atoms with Crippen LogP contribution in [0.3, 0.4) is 0 Å². The molecule has 0 saturated heterocycles. The molecule has 5 heteroatoms. The topological polar surface area (TPSA) is 42.4 Å². The van der Waals surface area contributed by atoms with Gasteiger partial charge in [0.05, 0.1) is 16.8 Å². The molecule has 3 nitrogen and oxygen atoms in total. The normalized spacial score (nSPS) is 21.8. The third-order valence-corrected chi connectivity index (χ3v) is 5.31. The molecule has 2 atom stereocenters. The Morgan fingerprint density at radius 1 is 1.38 bits per heavy atom. The van der Waals surface area contributed by atoms with E-state index >= 15 is 0 Å². The van der Waals surface area contributed by atoms with Crippen LogP contribution in [0.1, 0.15) is 55.7 Å². The summed E-state index contributed by atoms with van der Waals surface area (Å²) in [6, 6.07) is 5.73. The molecule has 21 heavy (non-hydrogen) atoms. The Balaban J connectivity index is 1.90. The highest BCUT2D eigenvalue weighted by Gasteiger charge is 2.30. The second kappa shape index (κ2) is 5.38. The Kier molecular flexibility index (Phi) is 3.84. The molecule has 2 aromatic rings. The van der Waals surface area contributed by atoms with Crippen LogP contribution in [0.25, 0.3) is 0 Å². The Hall–Kier alpha value is -0.910. The Bertz CT molecular complexity index is 663. The van der Waals surface area contributed by atoms with Crippen LogP contribution in [0, 0.1) is 0 Å². The molecular weight excluding hydrogens is 350 g/mol. The van der Waals surface area contributed by atoms with Gasteiger partial charge < -0.3 is 9.84 Å². The lowest BCUT2D eigenvalue weighted by Crippen LogP contribution is -2.20. The van der Waals surface area contributed by atoms with Crippen molar-refractivity contribution in [2.75, 3.05) is 0 Å². The van der Waals surface area contributed by atoms with Crippen molar-refractivity contribution >= 4 is 27.3 Å². The maximum atomic E-state index is 10.3. The highest BCUT2D eigenvalue weighted by molar-refractivity contribution is 9.10. The number of ether oxygens (including phenoxy) is 1. The molecule has 3 rings (SSSR count). The summed E-state index contributed by atoms with van der Waals surface area (Å²) in [7, 11) is 0. The van der Waals surface area contributed by atoms with Gasteiger partial charge in [0.15, 0.2) is 0 Å². The molecule has 0 saturated carbocycles. The number of rotatable bonds is 1. The first-order valence-electron chi connectivity index (χ1n) is 6.94. The maximum Gasteiger partial charge on any atom is 0.144 e. The van der Waals surface area contributed by atoms with Crippen LogP contribution in [-0.2, 0) is 5.41 Å². The zero-order valence-corrected chi connectivity index (χ0v) is 14.7. The van der Waals surface area contributed by atoms with Crippen molar-refractivity contribution in [2.24, 2.45) is 0 Å². The summed E-state index contributed by atoms with van der Waals surface area (Å²) < 4.78 is 7.00. The van der Waals surface area contributed by atoms with E-state index in [9.17, 15) is 5.11 Å². The first-order chi connectivity index (χ1) is 9.84. The Morgan fingerprint density at radius 3 is 2.81 bits per heavy atom. The van der Waals surface area contributed by atoms with E-state index in [0.29, 0.717) is 6.42 Å². The highest BCUT2D eigenvalue weighted by atomic mass is 79.9. The molecule has 0 radical (unpaired) electrons. The fourth-order valence-corrected chi connectivity index (χ4v) is 3.66. The van der Waals surface area contributed by atoms with E-state index in [1.54, 1.807) is 11.3 Å². The molecule has 1 unspecified atom stereocenters. The first kappa shape index (κ1) is 15.0. The summed E-state index contributed by atoms with van der Waals surface area (Å²) >= 11 is 5.10. The molecule has 1 aliphatic rings. The predicted octanol–water partition coefficient (Wildman–Crippen LogP) is 4.76. The minimum atomic E-state index is -0.508. The number of aliphatic hydroxyl groups excluding tert-OH is 1. The minimum Gasteiger partial charge on any atom is -0.484 e. The lowest BCUT2D eigenvalue weighted by atomic mass is 9.97. The average Bonchev–Trinajstić information content (AvgIpc) is 2.87. The summed E-state index contributed by atoms with van der Waals surface area (Å²) in [5.41, 5.74) is 1.80. The standard InChI is InChI=1S/C16H18BrNO2S/c1-16(2,3)15-18-11(8-21-15)14-7-12(19)10-5-4-9(17)6-13(10)20-14/h4-6,8,12,14,19H,7H2,1-3H3/t12-,14?/m1/s1. The van der Waals surface area contributed by atoms with E-state index < -0.39 is 6.10 Å². The molecule has 2 heterocycles. The van der Waals surface area contributed by atoms with Crippen molar-refractivity contribution in [2.45, 2.75) is 44.8 Å². The van der Waals surface area contributed by atoms with Crippen LogP contribution >= 0.6 is 27.3 Å². The van der Waals surface area contributed by atoms with E-state index in [4.69, 9.17) is 9.72 Å². The molecule has 0 aliphatic carbocycles. The number of aliphatic hydroxyl groups is 1. The van der Waals surface area contributed by atoms with E-state index in [-0.39, 0.29) is 11.5 Å². The SMILES string of the molecule is CC(C)(C)c1nc(C2C[C@@H](O)c3ccc(Br)cc3O2)cs1. The van der Waals surface area contributed by atoms with Gasteiger partial charge in [0.25, 0.3) is 0 Å². The molecule has 0 spiro atoms. The summed E-state index contributed by atoms with van der Waals surface area (Å²) in [6.07, 6.45) is -0.150. The van der Waals surface area contributed by atoms with Gasteiger partial charge in [-0.3, -0.25) is 0 Å². The van der Waals surface area contributed by atoms with Crippen molar-refractivity contribution in [1.29, 1.82) is 0 Å². The Morgan fingerprint density at radius 2 is 2.14 bits per heavy atom. The van der Waals surface area contributed by atoms with Gasteiger partial charge in [-0.2, -0.15) is 0 Å². The van der Waals surface area contributed by atoms with Gasteiger partial charge in [-0.25, -0.2) is 4.98 Å². The number of thiazole rings is 1. The molecule has 1 aliphatic heterocycles. The van der Waals surface area contributed by atoms with Crippen LogP contribution in [0.2, 0.25) is 0 Å². The Labute approximate surface area is 137 Å². The number of nitrogens with zero attached hydrogens (tertiary/aromatic N) is 1. The average molecular weight is 368 g/mol. The molecule has 112 valence electrons. The third-order valence-electron chi connectivity index (χ3n) is 3.53.